The molecule has 0 saturated carbocycles. The molecule has 7 heteroatoms. The van der Waals surface area contributed by atoms with Crippen molar-refractivity contribution in [3.8, 4) is 23.0 Å². The van der Waals surface area contributed by atoms with Gasteiger partial charge in [0.15, 0.2) is 11.5 Å². The summed E-state index contributed by atoms with van der Waals surface area (Å²) in [5.74, 6) is 3.10. The van der Waals surface area contributed by atoms with E-state index >= 15 is 0 Å². The summed E-state index contributed by atoms with van der Waals surface area (Å²) in [4.78, 5) is 0. The smallest absolute Gasteiger partial charge is 0.213 e. The van der Waals surface area contributed by atoms with E-state index < -0.39 is 0 Å². The maximum absolute atomic E-state index is 6.46. The van der Waals surface area contributed by atoms with Crippen LogP contribution in [0.1, 0.15) is 42.3 Å². The molecule has 33 heavy (non-hydrogen) atoms. The Morgan fingerprint density at radius 1 is 1.00 bits per heavy atom. The molecule has 0 fully saturated rings. The molecule has 2 aliphatic rings. The van der Waals surface area contributed by atoms with Gasteiger partial charge in [0, 0.05) is 27.6 Å². The van der Waals surface area contributed by atoms with Crippen molar-refractivity contribution in [2.24, 2.45) is 5.10 Å². The number of fused-ring (bicyclic) bond motifs is 3. The first-order chi connectivity index (χ1) is 16.1. The molecule has 0 bridgehead atoms. The van der Waals surface area contributed by atoms with Gasteiger partial charge in [-0.2, -0.15) is 5.10 Å². The number of hydrogen-bond acceptors (Lipinski definition) is 6. The second kappa shape index (κ2) is 8.98. The van der Waals surface area contributed by atoms with Gasteiger partial charge in [-0.25, -0.2) is 5.01 Å². The van der Waals surface area contributed by atoms with Gasteiger partial charge < -0.3 is 18.9 Å². The van der Waals surface area contributed by atoms with E-state index in [-0.39, 0.29) is 12.3 Å². The first kappa shape index (κ1) is 21.6. The standard InChI is InChI=1S/C26H25BrN2O4/c1-4-32-19-9-5-16(6-10-19)26-29-22(20-14-18(27)8-12-23(20)33-26)15-21(28-29)17-7-11-24(30-2)25(13-17)31-3/h5-14,22,26H,4,15H2,1-3H3/t22-,26-/m1/s1. The van der Waals surface area contributed by atoms with Gasteiger partial charge >= 0.3 is 0 Å². The molecule has 0 spiro atoms. The van der Waals surface area contributed by atoms with Crippen LogP contribution in [0.5, 0.6) is 23.0 Å². The van der Waals surface area contributed by atoms with Crippen molar-refractivity contribution in [1.29, 1.82) is 0 Å². The summed E-state index contributed by atoms with van der Waals surface area (Å²) in [6.07, 6.45) is 0.424. The van der Waals surface area contributed by atoms with Crippen LogP contribution in [0, 0.1) is 0 Å². The highest BCUT2D eigenvalue weighted by Crippen LogP contribution is 2.48. The highest BCUT2D eigenvalue weighted by atomic mass is 79.9. The zero-order valence-corrected chi connectivity index (χ0v) is 20.3. The number of rotatable bonds is 6. The van der Waals surface area contributed by atoms with E-state index in [0.717, 1.165) is 44.8 Å². The molecule has 0 aliphatic carbocycles. The lowest BCUT2D eigenvalue weighted by atomic mass is 9.95. The molecular formula is C26H25BrN2O4. The summed E-state index contributed by atoms with van der Waals surface area (Å²) in [6.45, 7) is 2.61. The van der Waals surface area contributed by atoms with Crippen LogP contribution < -0.4 is 18.9 Å². The summed E-state index contributed by atoms with van der Waals surface area (Å²) >= 11 is 3.61. The molecule has 3 aromatic rings. The fraction of sp³-hybridized carbons (Fsp3) is 0.269. The number of hydrogen-bond donors (Lipinski definition) is 0. The van der Waals surface area contributed by atoms with Gasteiger partial charge in [0.05, 0.1) is 32.6 Å². The summed E-state index contributed by atoms with van der Waals surface area (Å²) in [7, 11) is 3.28. The zero-order chi connectivity index (χ0) is 22.9. The van der Waals surface area contributed by atoms with Crippen LogP contribution in [0.25, 0.3) is 0 Å². The molecule has 170 valence electrons. The molecule has 2 aliphatic heterocycles. The molecule has 2 heterocycles. The quantitative estimate of drug-likeness (QED) is 0.402. The molecular weight excluding hydrogens is 484 g/mol. The lowest BCUT2D eigenvalue weighted by molar-refractivity contribution is -0.0191. The predicted molar refractivity (Wildman–Crippen MR) is 130 cm³/mol. The molecule has 0 saturated heterocycles. The SMILES string of the molecule is CCOc1ccc([C@H]2Oc3ccc(Br)cc3[C@H]3CC(c4ccc(OC)c(OC)c4)=NN32)cc1. The molecule has 3 aromatic carbocycles. The van der Waals surface area contributed by atoms with Crippen molar-refractivity contribution in [2.45, 2.75) is 25.6 Å². The summed E-state index contributed by atoms with van der Waals surface area (Å²) in [5, 5.41) is 7.10. The second-order valence-corrected chi connectivity index (χ2v) is 8.79. The van der Waals surface area contributed by atoms with Crippen LogP contribution in [0.4, 0.5) is 0 Å². The van der Waals surface area contributed by atoms with Gasteiger partial charge in [0.1, 0.15) is 11.5 Å². The number of ether oxygens (including phenoxy) is 4. The fourth-order valence-corrected chi connectivity index (χ4v) is 4.74. The lowest BCUT2D eigenvalue weighted by Gasteiger charge is -2.38. The number of hydrazone groups is 1. The van der Waals surface area contributed by atoms with E-state index in [1.54, 1.807) is 14.2 Å². The normalized spacial score (nSPS) is 18.7. The van der Waals surface area contributed by atoms with E-state index in [2.05, 4.69) is 27.0 Å². The summed E-state index contributed by atoms with van der Waals surface area (Å²) in [6, 6.07) is 20.2. The molecule has 0 radical (unpaired) electrons. The average molecular weight is 509 g/mol. The molecule has 6 nitrogen and oxygen atoms in total. The fourth-order valence-electron chi connectivity index (χ4n) is 4.36. The van der Waals surface area contributed by atoms with Crippen LogP contribution in [0.2, 0.25) is 0 Å². The Hall–Kier alpha value is -3.19. The lowest BCUT2D eigenvalue weighted by Crippen LogP contribution is -2.33. The van der Waals surface area contributed by atoms with Gasteiger partial charge in [-0.05, 0) is 67.6 Å². The highest BCUT2D eigenvalue weighted by molar-refractivity contribution is 9.10. The van der Waals surface area contributed by atoms with Crippen LogP contribution in [0.3, 0.4) is 0 Å². The van der Waals surface area contributed by atoms with Crippen molar-refractivity contribution in [1.82, 2.24) is 5.01 Å². The van der Waals surface area contributed by atoms with Crippen molar-refractivity contribution in [2.75, 3.05) is 20.8 Å². The Bertz CT molecular complexity index is 1200. The number of nitrogens with zero attached hydrogens (tertiary/aromatic N) is 2. The Morgan fingerprint density at radius 2 is 1.79 bits per heavy atom. The van der Waals surface area contributed by atoms with E-state index in [1.165, 1.54) is 0 Å². The van der Waals surface area contributed by atoms with Gasteiger partial charge in [0.2, 0.25) is 6.23 Å². The maximum atomic E-state index is 6.46. The molecule has 0 aromatic heterocycles. The third-order valence-corrected chi connectivity index (χ3v) is 6.44. The first-order valence-electron chi connectivity index (χ1n) is 10.9. The zero-order valence-electron chi connectivity index (χ0n) is 18.7. The highest BCUT2D eigenvalue weighted by Gasteiger charge is 2.41. The number of benzene rings is 3. The monoisotopic (exact) mass is 508 g/mol. The van der Waals surface area contributed by atoms with Crippen LogP contribution in [-0.4, -0.2) is 31.5 Å². The molecule has 5 rings (SSSR count). The number of halogens is 1. The van der Waals surface area contributed by atoms with Gasteiger partial charge in [-0.3, -0.25) is 0 Å². The minimum absolute atomic E-state index is 0.0610. The van der Waals surface area contributed by atoms with Crippen molar-refractivity contribution < 1.29 is 18.9 Å². The third-order valence-electron chi connectivity index (χ3n) is 5.94. The molecule has 2 atom stereocenters. The van der Waals surface area contributed by atoms with Crippen LogP contribution >= 0.6 is 15.9 Å². The van der Waals surface area contributed by atoms with Gasteiger partial charge in [-0.15, -0.1) is 0 Å². The minimum atomic E-state index is -0.336. The predicted octanol–water partition coefficient (Wildman–Crippen LogP) is 6.11. The van der Waals surface area contributed by atoms with Crippen LogP contribution in [0.15, 0.2) is 70.2 Å². The summed E-state index contributed by atoms with van der Waals surface area (Å²) in [5.41, 5.74) is 4.12. The van der Waals surface area contributed by atoms with E-state index in [9.17, 15) is 0 Å². The Balaban J connectivity index is 1.55. The van der Waals surface area contributed by atoms with Crippen molar-refractivity contribution in [3.63, 3.8) is 0 Å². The number of methoxy groups -OCH3 is 2. The first-order valence-corrected chi connectivity index (χ1v) is 11.7. The summed E-state index contributed by atoms with van der Waals surface area (Å²) < 4.78 is 24.0. The Morgan fingerprint density at radius 3 is 2.52 bits per heavy atom. The van der Waals surface area contributed by atoms with Gasteiger partial charge in [-0.1, -0.05) is 15.9 Å². The second-order valence-electron chi connectivity index (χ2n) is 7.87. The van der Waals surface area contributed by atoms with E-state index in [0.29, 0.717) is 18.1 Å². The maximum Gasteiger partial charge on any atom is 0.213 e. The molecule has 0 unspecified atom stereocenters. The van der Waals surface area contributed by atoms with Crippen molar-refractivity contribution in [3.05, 3.63) is 81.8 Å². The van der Waals surface area contributed by atoms with Crippen molar-refractivity contribution >= 4 is 21.6 Å². The Labute approximate surface area is 201 Å². The van der Waals surface area contributed by atoms with E-state index in [1.807, 2.05) is 61.5 Å². The largest absolute Gasteiger partial charge is 0.494 e. The Kier molecular flexibility index (Phi) is 5.89. The average Bonchev–Trinajstić information content (AvgIpc) is 3.30. The minimum Gasteiger partial charge on any atom is -0.494 e. The van der Waals surface area contributed by atoms with Crippen LogP contribution in [-0.2, 0) is 0 Å². The molecule has 0 amide bonds. The van der Waals surface area contributed by atoms with E-state index in [4.69, 9.17) is 24.0 Å². The molecule has 0 N–H and O–H groups in total. The van der Waals surface area contributed by atoms with Gasteiger partial charge in [0.25, 0.3) is 0 Å². The topological polar surface area (TPSA) is 52.5 Å². The third kappa shape index (κ3) is 4.02.